The summed E-state index contributed by atoms with van der Waals surface area (Å²) in [6.07, 6.45) is 2.68. The van der Waals surface area contributed by atoms with Gasteiger partial charge in [0.2, 0.25) is 0 Å². The van der Waals surface area contributed by atoms with Gasteiger partial charge in [0, 0.05) is 12.1 Å². The van der Waals surface area contributed by atoms with E-state index >= 15 is 0 Å². The van der Waals surface area contributed by atoms with Gasteiger partial charge >= 0.3 is 6.09 Å². The highest BCUT2D eigenvalue weighted by atomic mass is 16.5. The van der Waals surface area contributed by atoms with Gasteiger partial charge in [0.05, 0.1) is 11.4 Å². The van der Waals surface area contributed by atoms with Gasteiger partial charge < -0.3 is 21.5 Å². The van der Waals surface area contributed by atoms with E-state index in [4.69, 9.17) is 16.2 Å². The number of anilines is 2. The Morgan fingerprint density at radius 1 is 1.38 bits per heavy atom. The summed E-state index contributed by atoms with van der Waals surface area (Å²) in [6, 6.07) is 5.56. The number of nitrogen functional groups attached to an aromatic ring is 1. The van der Waals surface area contributed by atoms with Gasteiger partial charge in [0.15, 0.2) is 0 Å². The SMILES string of the molecule is CC1CC(Nc2ccc(OC(N)=O)cc2N)CC(C)(C)C1. The molecule has 2 unspecified atom stereocenters. The van der Waals surface area contributed by atoms with E-state index < -0.39 is 6.09 Å². The molecule has 1 aliphatic rings. The molecule has 0 heterocycles. The minimum atomic E-state index is -0.835. The predicted molar refractivity (Wildman–Crippen MR) is 85.3 cm³/mol. The van der Waals surface area contributed by atoms with E-state index in [0.717, 1.165) is 18.5 Å². The van der Waals surface area contributed by atoms with Gasteiger partial charge in [0.1, 0.15) is 5.75 Å². The summed E-state index contributed by atoms with van der Waals surface area (Å²) >= 11 is 0. The lowest BCUT2D eigenvalue weighted by Gasteiger charge is -2.39. The molecule has 1 aliphatic carbocycles. The summed E-state index contributed by atoms with van der Waals surface area (Å²) in [4.78, 5) is 10.7. The third-order valence-corrected chi connectivity index (χ3v) is 3.99. The number of primary amides is 1. The number of carbonyl (C=O) groups is 1. The lowest BCUT2D eigenvalue weighted by Crippen LogP contribution is -2.35. The van der Waals surface area contributed by atoms with Crippen LogP contribution in [-0.4, -0.2) is 12.1 Å². The third kappa shape index (κ3) is 4.28. The Hall–Kier alpha value is -1.91. The largest absolute Gasteiger partial charge is 0.410 e. The summed E-state index contributed by atoms with van der Waals surface area (Å²) in [7, 11) is 0. The van der Waals surface area contributed by atoms with E-state index in [9.17, 15) is 4.79 Å². The first kappa shape index (κ1) is 15.5. The van der Waals surface area contributed by atoms with Gasteiger partial charge in [-0.05, 0) is 42.7 Å². The highest BCUT2D eigenvalue weighted by molar-refractivity contribution is 5.72. The number of rotatable bonds is 3. The Morgan fingerprint density at radius 3 is 2.67 bits per heavy atom. The van der Waals surface area contributed by atoms with Crippen LogP contribution in [0.2, 0.25) is 0 Å². The molecule has 0 radical (unpaired) electrons. The fourth-order valence-electron chi connectivity index (χ4n) is 3.53. The van der Waals surface area contributed by atoms with Gasteiger partial charge in [-0.1, -0.05) is 20.8 Å². The highest BCUT2D eigenvalue weighted by Crippen LogP contribution is 2.40. The Kier molecular flexibility index (Phi) is 4.30. The average molecular weight is 291 g/mol. The Bertz CT molecular complexity index is 528. The molecular weight excluding hydrogens is 266 g/mol. The van der Waals surface area contributed by atoms with Crippen molar-refractivity contribution in [3.05, 3.63) is 18.2 Å². The molecule has 5 heteroatoms. The van der Waals surface area contributed by atoms with Crippen LogP contribution < -0.4 is 21.5 Å². The summed E-state index contributed by atoms with van der Waals surface area (Å²) in [6.45, 7) is 6.91. The van der Waals surface area contributed by atoms with Gasteiger partial charge in [0.25, 0.3) is 0 Å². The molecule has 0 bridgehead atoms. The molecule has 1 fully saturated rings. The van der Waals surface area contributed by atoms with Crippen molar-refractivity contribution in [3.8, 4) is 5.75 Å². The Morgan fingerprint density at radius 2 is 2.10 bits per heavy atom. The molecule has 0 aromatic heterocycles. The van der Waals surface area contributed by atoms with Crippen molar-refractivity contribution in [1.29, 1.82) is 0 Å². The number of benzene rings is 1. The van der Waals surface area contributed by atoms with Crippen molar-refractivity contribution in [2.24, 2.45) is 17.1 Å². The van der Waals surface area contributed by atoms with Crippen molar-refractivity contribution >= 4 is 17.5 Å². The maximum atomic E-state index is 10.7. The summed E-state index contributed by atoms with van der Waals surface area (Å²) in [5, 5.41) is 3.52. The number of hydrogen-bond donors (Lipinski definition) is 3. The molecule has 116 valence electrons. The van der Waals surface area contributed by atoms with E-state index in [-0.39, 0.29) is 0 Å². The molecular formula is C16H25N3O2. The predicted octanol–water partition coefficient (Wildman–Crippen LogP) is 3.35. The highest BCUT2D eigenvalue weighted by Gasteiger charge is 2.32. The van der Waals surface area contributed by atoms with Gasteiger partial charge in [-0.3, -0.25) is 0 Å². The number of nitrogens with one attached hydrogen (secondary N) is 1. The first-order valence-corrected chi connectivity index (χ1v) is 7.38. The number of nitrogens with two attached hydrogens (primary N) is 2. The zero-order valence-corrected chi connectivity index (χ0v) is 13.0. The third-order valence-electron chi connectivity index (χ3n) is 3.99. The number of amides is 1. The standard InChI is InChI=1S/C16H25N3O2/c1-10-6-11(9-16(2,3)8-10)19-14-5-4-12(7-13(14)17)21-15(18)20/h4-5,7,10-11,19H,6,8-9,17H2,1-3H3,(H2,18,20). The van der Waals surface area contributed by atoms with Crippen molar-refractivity contribution in [1.82, 2.24) is 0 Å². The van der Waals surface area contributed by atoms with Gasteiger partial charge in [-0.15, -0.1) is 0 Å². The van der Waals surface area contributed by atoms with Crippen LogP contribution in [0.1, 0.15) is 40.0 Å². The number of hydrogen-bond acceptors (Lipinski definition) is 4. The molecule has 2 rings (SSSR count). The zero-order chi connectivity index (χ0) is 15.6. The van der Waals surface area contributed by atoms with Crippen LogP contribution in [0, 0.1) is 11.3 Å². The van der Waals surface area contributed by atoms with E-state index in [1.807, 2.05) is 6.07 Å². The molecule has 5 N–H and O–H groups in total. The molecule has 1 amide bonds. The lowest BCUT2D eigenvalue weighted by atomic mass is 9.70. The van der Waals surface area contributed by atoms with Crippen molar-refractivity contribution < 1.29 is 9.53 Å². The first-order chi connectivity index (χ1) is 9.75. The molecule has 1 aromatic carbocycles. The second-order valence-corrected chi connectivity index (χ2v) is 6.92. The molecule has 5 nitrogen and oxygen atoms in total. The topological polar surface area (TPSA) is 90.4 Å². The van der Waals surface area contributed by atoms with Crippen LogP contribution in [0.15, 0.2) is 18.2 Å². The molecule has 21 heavy (non-hydrogen) atoms. The normalized spacial score (nSPS) is 24.3. The van der Waals surface area contributed by atoms with Crippen LogP contribution in [0.5, 0.6) is 5.75 Å². The number of carbonyl (C=O) groups excluding carboxylic acids is 1. The smallest absolute Gasteiger partial charge is 0.409 e. The summed E-state index contributed by atoms with van der Waals surface area (Å²) in [5.41, 5.74) is 12.8. The van der Waals surface area contributed by atoms with Crippen molar-refractivity contribution in [2.45, 2.75) is 46.1 Å². The summed E-state index contributed by atoms with van der Waals surface area (Å²) in [5.74, 6) is 1.06. The second-order valence-electron chi connectivity index (χ2n) is 6.92. The van der Waals surface area contributed by atoms with Crippen LogP contribution in [0.3, 0.4) is 0 Å². The monoisotopic (exact) mass is 291 g/mol. The van der Waals surface area contributed by atoms with Crippen LogP contribution in [0.4, 0.5) is 16.2 Å². The van der Waals surface area contributed by atoms with E-state index in [1.165, 1.54) is 6.42 Å². The van der Waals surface area contributed by atoms with Crippen LogP contribution >= 0.6 is 0 Å². The fourth-order valence-corrected chi connectivity index (χ4v) is 3.53. The van der Waals surface area contributed by atoms with Crippen molar-refractivity contribution in [2.75, 3.05) is 11.1 Å². The molecule has 1 aromatic rings. The quantitative estimate of drug-likeness (QED) is 0.745. The van der Waals surface area contributed by atoms with Crippen LogP contribution in [0.25, 0.3) is 0 Å². The molecule has 1 saturated carbocycles. The minimum absolute atomic E-state index is 0.346. The maximum absolute atomic E-state index is 10.7. The first-order valence-electron chi connectivity index (χ1n) is 7.38. The molecule has 0 spiro atoms. The molecule has 0 aliphatic heterocycles. The fraction of sp³-hybridized carbons (Fsp3) is 0.562. The average Bonchev–Trinajstić information content (AvgIpc) is 2.29. The maximum Gasteiger partial charge on any atom is 0.409 e. The van der Waals surface area contributed by atoms with Crippen molar-refractivity contribution in [3.63, 3.8) is 0 Å². The Labute approximate surface area is 126 Å². The molecule has 2 atom stereocenters. The zero-order valence-electron chi connectivity index (χ0n) is 13.0. The van der Waals surface area contributed by atoms with Gasteiger partial charge in [-0.25, -0.2) is 4.79 Å². The van der Waals surface area contributed by atoms with E-state index in [0.29, 0.717) is 28.8 Å². The van der Waals surface area contributed by atoms with Crippen LogP contribution in [-0.2, 0) is 0 Å². The molecule has 0 saturated heterocycles. The number of ether oxygens (including phenoxy) is 1. The van der Waals surface area contributed by atoms with E-state index in [2.05, 4.69) is 26.1 Å². The minimum Gasteiger partial charge on any atom is -0.410 e. The van der Waals surface area contributed by atoms with Gasteiger partial charge in [-0.2, -0.15) is 0 Å². The lowest BCUT2D eigenvalue weighted by molar-refractivity contribution is 0.178. The summed E-state index contributed by atoms with van der Waals surface area (Å²) < 4.78 is 4.82. The Balaban J connectivity index is 2.07. The van der Waals surface area contributed by atoms with E-state index in [1.54, 1.807) is 12.1 Å². The second kappa shape index (κ2) is 5.84.